The third-order valence-corrected chi connectivity index (χ3v) is 1.70. The van der Waals surface area contributed by atoms with Crippen molar-refractivity contribution in [3.8, 4) is 0 Å². The van der Waals surface area contributed by atoms with Crippen molar-refractivity contribution >= 4 is 0 Å². The van der Waals surface area contributed by atoms with E-state index in [9.17, 15) is 0 Å². The Morgan fingerprint density at radius 2 is 2.36 bits per heavy atom. The van der Waals surface area contributed by atoms with E-state index in [-0.39, 0.29) is 6.04 Å². The summed E-state index contributed by atoms with van der Waals surface area (Å²) in [6.07, 6.45) is 4.39. The van der Waals surface area contributed by atoms with Crippen molar-refractivity contribution < 1.29 is 4.74 Å². The molecule has 1 aliphatic carbocycles. The van der Waals surface area contributed by atoms with E-state index >= 15 is 0 Å². The summed E-state index contributed by atoms with van der Waals surface area (Å²) in [7, 11) is 1.63. The number of nitrogens with two attached hydrogens (primary N) is 2. The van der Waals surface area contributed by atoms with Crippen LogP contribution in [-0.2, 0) is 4.74 Å². The Morgan fingerprint density at radius 3 is 2.82 bits per heavy atom. The second kappa shape index (κ2) is 3.41. The normalized spacial score (nSPS) is 23.7. The number of allylic oxidation sites excluding steroid dienone is 2. The van der Waals surface area contributed by atoms with Gasteiger partial charge in [-0.15, -0.1) is 0 Å². The lowest BCUT2D eigenvalue weighted by atomic mass is 10.1. The molecule has 1 unspecified atom stereocenters. The molecule has 0 aliphatic heterocycles. The summed E-state index contributed by atoms with van der Waals surface area (Å²) in [5, 5.41) is 0. The van der Waals surface area contributed by atoms with Gasteiger partial charge in [-0.3, -0.25) is 5.84 Å². The van der Waals surface area contributed by atoms with Gasteiger partial charge >= 0.3 is 0 Å². The van der Waals surface area contributed by atoms with Crippen LogP contribution in [0.5, 0.6) is 0 Å². The summed E-state index contributed by atoms with van der Waals surface area (Å²) in [4.78, 5) is 0. The third-order valence-electron chi connectivity index (χ3n) is 1.70. The number of rotatable bonds is 2. The maximum absolute atomic E-state index is 5.72. The zero-order valence-corrected chi connectivity index (χ0v) is 6.50. The lowest BCUT2D eigenvalue weighted by Gasteiger charge is -2.19. The summed E-state index contributed by atoms with van der Waals surface area (Å²) in [5.74, 6) is 6.10. The van der Waals surface area contributed by atoms with Crippen molar-refractivity contribution in [1.29, 1.82) is 0 Å². The number of hydrogen-bond acceptors (Lipinski definition) is 4. The SMILES string of the molecule is COC1=CC=C(NN)C(N)C1. The van der Waals surface area contributed by atoms with Crippen molar-refractivity contribution in [2.45, 2.75) is 12.5 Å². The van der Waals surface area contributed by atoms with Crippen LogP contribution in [-0.4, -0.2) is 13.2 Å². The van der Waals surface area contributed by atoms with Crippen LogP contribution < -0.4 is 17.0 Å². The number of hydrogen-bond donors (Lipinski definition) is 3. The molecule has 1 rings (SSSR count). The van der Waals surface area contributed by atoms with Crippen LogP contribution in [0.2, 0.25) is 0 Å². The molecule has 62 valence electrons. The minimum absolute atomic E-state index is 0.0695. The highest BCUT2D eigenvalue weighted by Gasteiger charge is 2.14. The molecule has 0 aromatic rings. The van der Waals surface area contributed by atoms with Gasteiger partial charge in [0.15, 0.2) is 0 Å². The first-order valence-electron chi connectivity index (χ1n) is 3.45. The number of nitrogens with one attached hydrogen (secondary N) is 1. The largest absolute Gasteiger partial charge is 0.501 e. The first kappa shape index (κ1) is 8.10. The summed E-state index contributed by atoms with van der Waals surface area (Å²) >= 11 is 0. The standard InChI is InChI=1S/C7H13N3O/c1-11-5-2-3-7(10-9)6(8)4-5/h2-3,6,10H,4,8-9H2,1H3. The van der Waals surface area contributed by atoms with Gasteiger partial charge in [0, 0.05) is 12.1 Å². The Bertz CT molecular complexity index is 198. The van der Waals surface area contributed by atoms with E-state index in [2.05, 4.69) is 5.43 Å². The molecule has 1 aliphatic rings. The molecule has 0 heterocycles. The molecule has 0 fully saturated rings. The topological polar surface area (TPSA) is 73.3 Å². The quantitative estimate of drug-likeness (QED) is 0.374. The van der Waals surface area contributed by atoms with Gasteiger partial charge in [-0.2, -0.15) is 0 Å². The fourth-order valence-corrected chi connectivity index (χ4v) is 1.01. The highest BCUT2D eigenvalue weighted by atomic mass is 16.5. The van der Waals surface area contributed by atoms with Crippen LogP contribution >= 0.6 is 0 Å². The van der Waals surface area contributed by atoms with E-state index in [0.29, 0.717) is 6.42 Å². The van der Waals surface area contributed by atoms with Crippen LogP contribution in [0.25, 0.3) is 0 Å². The molecule has 0 spiro atoms. The predicted octanol–water partition coefficient (Wildman–Crippen LogP) is -0.405. The molecule has 0 bridgehead atoms. The highest BCUT2D eigenvalue weighted by Crippen LogP contribution is 2.14. The Kier molecular flexibility index (Phi) is 2.51. The Hall–Kier alpha value is -1.00. The first-order valence-corrected chi connectivity index (χ1v) is 3.45. The molecule has 4 nitrogen and oxygen atoms in total. The van der Waals surface area contributed by atoms with Crippen molar-refractivity contribution in [3.05, 3.63) is 23.6 Å². The molecule has 0 amide bonds. The highest BCUT2D eigenvalue weighted by molar-refractivity contribution is 5.24. The molecular weight excluding hydrogens is 142 g/mol. The zero-order valence-electron chi connectivity index (χ0n) is 6.50. The molecule has 0 radical (unpaired) electrons. The van der Waals surface area contributed by atoms with E-state index < -0.39 is 0 Å². The average Bonchev–Trinajstić information content (AvgIpc) is 2.04. The van der Waals surface area contributed by atoms with Gasteiger partial charge < -0.3 is 15.9 Å². The summed E-state index contributed by atoms with van der Waals surface area (Å²) in [5.41, 5.74) is 9.10. The monoisotopic (exact) mass is 155 g/mol. The Balaban J connectivity index is 2.69. The van der Waals surface area contributed by atoms with Gasteiger partial charge in [-0.25, -0.2) is 0 Å². The van der Waals surface area contributed by atoms with Gasteiger partial charge in [0.25, 0.3) is 0 Å². The number of hydrazine groups is 1. The molecule has 4 heteroatoms. The molecule has 1 atom stereocenters. The molecule has 5 N–H and O–H groups in total. The minimum Gasteiger partial charge on any atom is -0.501 e. The summed E-state index contributed by atoms with van der Waals surface area (Å²) in [6.45, 7) is 0. The maximum Gasteiger partial charge on any atom is 0.0975 e. The molecule has 0 saturated carbocycles. The van der Waals surface area contributed by atoms with E-state index in [1.54, 1.807) is 7.11 Å². The second-order valence-corrected chi connectivity index (χ2v) is 2.41. The third kappa shape index (κ3) is 1.72. The van der Waals surface area contributed by atoms with Crippen LogP contribution in [0.1, 0.15) is 6.42 Å². The average molecular weight is 155 g/mol. The van der Waals surface area contributed by atoms with Gasteiger partial charge in [0.2, 0.25) is 0 Å². The van der Waals surface area contributed by atoms with E-state index in [0.717, 1.165) is 11.5 Å². The van der Waals surface area contributed by atoms with Crippen molar-refractivity contribution in [3.63, 3.8) is 0 Å². The number of methoxy groups -OCH3 is 1. The summed E-state index contributed by atoms with van der Waals surface area (Å²) in [6, 6.07) is -0.0695. The van der Waals surface area contributed by atoms with Crippen LogP contribution in [0, 0.1) is 0 Å². The van der Waals surface area contributed by atoms with E-state index in [1.165, 1.54) is 0 Å². The second-order valence-electron chi connectivity index (χ2n) is 2.41. The predicted molar refractivity (Wildman–Crippen MR) is 43.1 cm³/mol. The van der Waals surface area contributed by atoms with E-state index in [1.807, 2.05) is 12.2 Å². The van der Waals surface area contributed by atoms with Crippen molar-refractivity contribution in [2.24, 2.45) is 11.6 Å². The van der Waals surface area contributed by atoms with Gasteiger partial charge in [0.1, 0.15) is 0 Å². The lowest BCUT2D eigenvalue weighted by Crippen LogP contribution is -2.36. The van der Waals surface area contributed by atoms with Gasteiger partial charge in [-0.05, 0) is 12.2 Å². The molecule has 0 aromatic heterocycles. The Morgan fingerprint density at radius 1 is 1.64 bits per heavy atom. The van der Waals surface area contributed by atoms with Gasteiger partial charge in [0.05, 0.1) is 18.9 Å². The molecule has 0 aromatic carbocycles. The smallest absolute Gasteiger partial charge is 0.0975 e. The molecule has 0 saturated heterocycles. The Labute approximate surface area is 65.9 Å². The minimum atomic E-state index is -0.0695. The zero-order chi connectivity index (χ0) is 8.27. The van der Waals surface area contributed by atoms with Crippen molar-refractivity contribution in [2.75, 3.05) is 7.11 Å². The number of ether oxygens (including phenoxy) is 1. The van der Waals surface area contributed by atoms with Crippen LogP contribution in [0.4, 0.5) is 0 Å². The fraction of sp³-hybridized carbons (Fsp3) is 0.429. The van der Waals surface area contributed by atoms with E-state index in [4.69, 9.17) is 16.3 Å². The first-order chi connectivity index (χ1) is 5.27. The molecular formula is C7H13N3O. The van der Waals surface area contributed by atoms with Crippen LogP contribution in [0.3, 0.4) is 0 Å². The molecule has 11 heavy (non-hydrogen) atoms. The summed E-state index contributed by atoms with van der Waals surface area (Å²) < 4.78 is 5.02. The lowest BCUT2D eigenvalue weighted by molar-refractivity contribution is 0.270. The van der Waals surface area contributed by atoms with Gasteiger partial charge in [-0.1, -0.05) is 0 Å². The maximum atomic E-state index is 5.72. The van der Waals surface area contributed by atoms with Crippen LogP contribution in [0.15, 0.2) is 23.6 Å². The fourth-order valence-electron chi connectivity index (χ4n) is 1.01. The van der Waals surface area contributed by atoms with Crippen molar-refractivity contribution in [1.82, 2.24) is 5.43 Å².